The Morgan fingerprint density at radius 1 is 1.17 bits per heavy atom. The van der Waals surface area contributed by atoms with Crippen LogP contribution in [0, 0.1) is 5.82 Å². The second-order valence-corrected chi connectivity index (χ2v) is 6.96. The lowest BCUT2D eigenvalue weighted by atomic mass is 10.1. The largest absolute Gasteiger partial charge is 0.662 e. The number of aliphatic hydroxyl groups is 1. The van der Waals surface area contributed by atoms with Crippen LogP contribution in [0.3, 0.4) is 0 Å². The zero-order valence-electron chi connectivity index (χ0n) is 16.2. The highest BCUT2D eigenvalue weighted by atomic mass is 19.1. The summed E-state index contributed by atoms with van der Waals surface area (Å²) in [5.41, 5.74) is -0.501. The molecule has 0 fully saturated rings. The van der Waals surface area contributed by atoms with Crippen molar-refractivity contribution in [3.63, 3.8) is 0 Å². The molecular formula is C20H17BFN2O6. The van der Waals surface area contributed by atoms with E-state index in [-0.39, 0.29) is 29.3 Å². The van der Waals surface area contributed by atoms with Gasteiger partial charge in [0, 0.05) is 5.56 Å². The molecule has 0 aliphatic rings. The second kappa shape index (κ2) is 8.87. The van der Waals surface area contributed by atoms with Crippen LogP contribution in [-0.4, -0.2) is 40.5 Å². The molecule has 8 nitrogen and oxygen atoms in total. The third-order valence-corrected chi connectivity index (χ3v) is 3.80. The molecule has 0 unspecified atom stereocenters. The van der Waals surface area contributed by atoms with Crippen molar-refractivity contribution in [2.75, 3.05) is 0 Å². The van der Waals surface area contributed by atoms with Gasteiger partial charge in [0.2, 0.25) is 5.82 Å². The van der Waals surface area contributed by atoms with Crippen LogP contribution in [-0.2, 0) is 14.1 Å². The Morgan fingerprint density at radius 2 is 1.93 bits per heavy atom. The summed E-state index contributed by atoms with van der Waals surface area (Å²) in [6.45, 7) is 2.89. The maximum Gasteiger partial charge on any atom is 0.662 e. The number of hydrogen-bond donors (Lipinski definition) is 1. The number of rotatable bonds is 7. The monoisotopic (exact) mass is 411 g/mol. The highest BCUT2D eigenvalue weighted by Gasteiger charge is 2.21. The summed E-state index contributed by atoms with van der Waals surface area (Å²) < 4.78 is 28.4. The third-order valence-electron chi connectivity index (χ3n) is 3.80. The fourth-order valence-electron chi connectivity index (χ4n) is 2.45. The average Bonchev–Trinajstić information content (AvgIpc) is 3.17. The first kappa shape index (κ1) is 21.2. The minimum Gasteiger partial charge on any atom is -0.500 e. The van der Waals surface area contributed by atoms with E-state index in [0.717, 1.165) is 0 Å². The van der Waals surface area contributed by atoms with Gasteiger partial charge in [-0.3, -0.25) is 4.79 Å². The maximum atomic E-state index is 13.9. The van der Waals surface area contributed by atoms with E-state index in [1.807, 2.05) is 0 Å². The molecule has 0 atom stereocenters. The summed E-state index contributed by atoms with van der Waals surface area (Å²) in [6.07, 6.45) is -0.265. The predicted molar refractivity (Wildman–Crippen MR) is 103 cm³/mol. The van der Waals surface area contributed by atoms with Gasteiger partial charge in [-0.2, -0.15) is 4.98 Å². The summed E-state index contributed by atoms with van der Waals surface area (Å²) in [5.74, 6) is -1.88. The third kappa shape index (κ3) is 5.51. The van der Waals surface area contributed by atoms with E-state index in [2.05, 4.69) is 14.8 Å². The van der Waals surface area contributed by atoms with Crippen molar-refractivity contribution in [3.8, 4) is 22.8 Å². The zero-order valence-corrected chi connectivity index (χ0v) is 16.2. The van der Waals surface area contributed by atoms with Gasteiger partial charge in [0.05, 0.1) is 23.1 Å². The number of halogens is 1. The fraction of sp³-hybridized carbons (Fsp3) is 0.200. The molecule has 0 aliphatic carbocycles. The highest BCUT2D eigenvalue weighted by Crippen LogP contribution is 2.24. The predicted octanol–water partition coefficient (Wildman–Crippen LogP) is 2.94. The van der Waals surface area contributed by atoms with Gasteiger partial charge in [0.25, 0.3) is 11.9 Å². The number of benzene rings is 2. The molecule has 0 aliphatic heterocycles. The number of aromatic nitrogens is 2. The van der Waals surface area contributed by atoms with E-state index < -0.39 is 23.4 Å². The van der Waals surface area contributed by atoms with Crippen LogP contribution < -0.4 is 0 Å². The Kier molecular flexibility index (Phi) is 6.27. The molecule has 0 saturated carbocycles. The molecule has 0 bridgehead atoms. The van der Waals surface area contributed by atoms with Gasteiger partial charge in [-0.15, -0.1) is 0 Å². The van der Waals surface area contributed by atoms with Gasteiger partial charge in [-0.05, 0) is 38.1 Å². The smallest absolute Gasteiger partial charge is 0.500 e. The van der Waals surface area contributed by atoms with Crippen LogP contribution in [0.15, 0.2) is 53.1 Å². The number of carbonyl (C=O) groups is 2. The lowest BCUT2D eigenvalue weighted by molar-refractivity contribution is -0.139. The summed E-state index contributed by atoms with van der Waals surface area (Å²) in [6, 6.07) is 12.1. The molecule has 10 heteroatoms. The van der Waals surface area contributed by atoms with Crippen molar-refractivity contribution in [2.45, 2.75) is 25.9 Å². The molecule has 0 amide bonds. The molecule has 2 aromatic carbocycles. The zero-order chi connectivity index (χ0) is 21.7. The molecule has 0 spiro atoms. The molecule has 1 heterocycles. The minimum atomic E-state index is -1.24. The Balaban J connectivity index is 1.66. The lowest BCUT2D eigenvalue weighted by Crippen LogP contribution is -2.26. The van der Waals surface area contributed by atoms with Crippen molar-refractivity contribution in [1.29, 1.82) is 0 Å². The van der Waals surface area contributed by atoms with E-state index >= 15 is 0 Å². The van der Waals surface area contributed by atoms with Gasteiger partial charge in [0.15, 0.2) is 0 Å². The van der Waals surface area contributed by atoms with Crippen LogP contribution in [0.2, 0.25) is 0 Å². The molecule has 0 saturated heterocycles. The molecule has 3 rings (SSSR count). The van der Waals surface area contributed by atoms with E-state index in [4.69, 9.17) is 9.18 Å². The molecule has 30 heavy (non-hydrogen) atoms. The van der Waals surface area contributed by atoms with Gasteiger partial charge >= 0.3 is 13.7 Å². The van der Waals surface area contributed by atoms with Gasteiger partial charge in [0.1, 0.15) is 5.82 Å². The molecule has 3 aromatic rings. The lowest BCUT2D eigenvalue weighted by Gasteiger charge is -2.15. The summed E-state index contributed by atoms with van der Waals surface area (Å²) >= 11 is 0. The molecule has 1 aromatic heterocycles. The average molecular weight is 411 g/mol. The van der Waals surface area contributed by atoms with E-state index in [9.17, 15) is 19.1 Å². The summed E-state index contributed by atoms with van der Waals surface area (Å²) in [7, 11) is 0.605. The van der Waals surface area contributed by atoms with Crippen LogP contribution in [0.5, 0.6) is 0 Å². The maximum absolute atomic E-state index is 13.9. The summed E-state index contributed by atoms with van der Waals surface area (Å²) in [4.78, 5) is 27.8. The topological polar surface area (TPSA) is 112 Å². The van der Waals surface area contributed by atoms with Gasteiger partial charge < -0.3 is 18.9 Å². The van der Waals surface area contributed by atoms with Crippen molar-refractivity contribution < 1.29 is 32.9 Å². The quantitative estimate of drug-likeness (QED) is 0.591. The fourth-order valence-corrected chi connectivity index (χ4v) is 2.45. The van der Waals surface area contributed by atoms with Crippen molar-refractivity contribution >= 4 is 19.6 Å². The number of nitrogens with zero attached hydrogens (tertiary/aromatic N) is 2. The standard InChI is InChI=1S/C20H17BFN2O6/c1-20(2,27)11-16(25)28-21-29-19(26)13-7-5-6-12(10-13)17-23-18(30-24-17)14-8-3-4-9-15(14)22/h3-10,27H,11H2,1-2H3. The normalized spacial score (nSPS) is 11.1. The van der Waals surface area contributed by atoms with Crippen LogP contribution in [0.4, 0.5) is 4.39 Å². The van der Waals surface area contributed by atoms with Gasteiger partial charge in [-0.25, -0.2) is 9.18 Å². The molecule has 1 radical (unpaired) electrons. The van der Waals surface area contributed by atoms with E-state index in [0.29, 0.717) is 13.2 Å². The van der Waals surface area contributed by atoms with Crippen molar-refractivity contribution in [3.05, 3.63) is 59.9 Å². The molecule has 1 N–H and O–H groups in total. The minimum absolute atomic E-state index is 0.00290. The van der Waals surface area contributed by atoms with Crippen LogP contribution >= 0.6 is 0 Å². The van der Waals surface area contributed by atoms with Gasteiger partial charge in [-0.1, -0.05) is 29.4 Å². The summed E-state index contributed by atoms with van der Waals surface area (Å²) in [5, 5.41) is 13.4. The van der Waals surface area contributed by atoms with E-state index in [1.165, 1.54) is 38.1 Å². The van der Waals surface area contributed by atoms with Crippen LogP contribution in [0.25, 0.3) is 22.8 Å². The first-order chi connectivity index (χ1) is 14.2. The van der Waals surface area contributed by atoms with Crippen molar-refractivity contribution in [2.24, 2.45) is 0 Å². The SMILES string of the molecule is CC(C)(O)CC(=O)O[B]OC(=O)c1cccc(-c2noc(-c3ccccc3F)n2)c1. The number of carbonyl (C=O) groups excluding carboxylic acids is 2. The van der Waals surface area contributed by atoms with Crippen molar-refractivity contribution in [1.82, 2.24) is 10.1 Å². The highest BCUT2D eigenvalue weighted by molar-refractivity contribution is 6.27. The Labute approximate surface area is 171 Å². The number of hydrogen-bond acceptors (Lipinski definition) is 8. The Morgan fingerprint density at radius 3 is 2.67 bits per heavy atom. The first-order valence-electron chi connectivity index (χ1n) is 8.86. The van der Waals surface area contributed by atoms with E-state index in [1.54, 1.807) is 24.3 Å². The Bertz CT molecular complexity index is 1060. The molecule has 153 valence electrons. The Hall–Kier alpha value is -3.53. The first-order valence-corrected chi connectivity index (χ1v) is 8.86. The second-order valence-electron chi connectivity index (χ2n) is 6.96. The van der Waals surface area contributed by atoms with Crippen LogP contribution in [0.1, 0.15) is 30.6 Å². The molecular weight excluding hydrogens is 394 g/mol.